The van der Waals surface area contributed by atoms with Crippen LogP contribution in [0.2, 0.25) is 0 Å². The van der Waals surface area contributed by atoms with Crippen molar-refractivity contribution in [1.29, 1.82) is 0 Å². The Kier molecular flexibility index (Phi) is 8.11. The van der Waals surface area contributed by atoms with Gasteiger partial charge in [-0.3, -0.25) is 9.59 Å². The van der Waals surface area contributed by atoms with Gasteiger partial charge in [-0.05, 0) is 36.1 Å². The van der Waals surface area contributed by atoms with E-state index in [9.17, 15) is 37.4 Å². The van der Waals surface area contributed by atoms with E-state index in [1.807, 2.05) is 0 Å². The summed E-state index contributed by atoms with van der Waals surface area (Å²) in [6.45, 7) is -0.676. The molecule has 0 aromatic heterocycles. The Bertz CT molecular complexity index is 1010. The van der Waals surface area contributed by atoms with Gasteiger partial charge >= 0.3 is 6.18 Å². The van der Waals surface area contributed by atoms with Crippen molar-refractivity contribution < 1.29 is 42.1 Å². The first-order valence-corrected chi connectivity index (χ1v) is 10.6. The Hall–Kier alpha value is -3.18. The number of rotatable bonds is 8. The summed E-state index contributed by atoms with van der Waals surface area (Å²) in [7, 11) is 0. The molecule has 1 aliphatic heterocycles. The first-order valence-electron chi connectivity index (χ1n) is 10.6. The fourth-order valence-electron chi connectivity index (χ4n) is 3.51. The van der Waals surface area contributed by atoms with Gasteiger partial charge in [-0.1, -0.05) is 24.3 Å². The van der Waals surface area contributed by atoms with Crippen molar-refractivity contribution in [3.63, 3.8) is 0 Å². The van der Waals surface area contributed by atoms with Crippen molar-refractivity contribution in [2.45, 2.75) is 37.8 Å². The van der Waals surface area contributed by atoms with Gasteiger partial charge in [0.25, 0.3) is 11.8 Å². The number of hydrogen-bond donors (Lipinski definition) is 3. The van der Waals surface area contributed by atoms with Crippen LogP contribution < -0.4 is 10.1 Å². The van der Waals surface area contributed by atoms with Gasteiger partial charge in [-0.2, -0.15) is 13.2 Å². The Morgan fingerprint density at radius 3 is 2.29 bits per heavy atom. The van der Waals surface area contributed by atoms with Crippen LogP contribution in [0.15, 0.2) is 42.5 Å². The lowest BCUT2D eigenvalue weighted by Gasteiger charge is -2.22. The highest BCUT2D eigenvalue weighted by Gasteiger charge is 2.34. The fourth-order valence-corrected chi connectivity index (χ4v) is 3.51. The van der Waals surface area contributed by atoms with Crippen LogP contribution in [-0.4, -0.2) is 65.0 Å². The maximum atomic E-state index is 13.5. The molecule has 1 aliphatic rings. The Balaban J connectivity index is 1.61. The van der Waals surface area contributed by atoms with E-state index in [2.05, 4.69) is 5.32 Å². The van der Waals surface area contributed by atoms with Crippen molar-refractivity contribution in [3.05, 3.63) is 53.8 Å². The van der Waals surface area contributed by atoms with Gasteiger partial charge in [-0.25, -0.2) is 4.39 Å². The first kappa shape index (κ1) is 25.4. The minimum absolute atomic E-state index is 0.0400. The van der Waals surface area contributed by atoms with Crippen LogP contribution in [0, 0.1) is 5.82 Å². The summed E-state index contributed by atoms with van der Waals surface area (Å²) in [5, 5.41) is 22.4. The highest BCUT2D eigenvalue weighted by atomic mass is 19.4. The molecule has 34 heavy (non-hydrogen) atoms. The van der Waals surface area contributed by atoms with Crippen LogP contribution in [0.5, 0.6) is 5.75 Å². The molecule has 3 rings (SSSR count). The molecule has 2 aromatic carbocycles. The van der Waals surface area contributed by atoms with Crippen LogP contribution in [0.1, 0.15) is 18.4 Å². The largest absolute Gasteiger partial charge is 0.483 e. The summed E-state index contributed by atoms with van der Waals surface area (Å²) >= 11 is 0. The lowest BCUT2D eigenvalue weighted by molar-refractivity contribution is -0.153. The number of likely N-dealkylation sites (tertiary alicyclic amines) is 1. The van der Waals surface area contributed by atoms with Crippen molar-refractivity contribution >= 4 is 11.8 Å². The lowest BCUT2D eigenvalue weighted by atomic mass is 10.0. The Labute approximate surface area is 192 Å². The number of nitrogens with zero attached hydrogens (tertiary/aromatic N) is 1. The highest BCUT2D eigenvalue weighted by molar-refractivity contribution is 5.90. The van der Waals surface area contributed by atoms with Crippen molar-refractivity contribution in [2.24, 2.45) is 0 Å². The molecule has 1 fully saturated rings. The quantitative estimate of drug-likeness (QED) is 0.500. The molecule has 11 heteroatoms. The normalized spacial score (nSPS) is 15.6. The first-order chi connectivity index (χ1) is 16.0. The van der Waals surface area contributed by atoms with Crippen LogP contribution in [-0.2, 0) is 16.1 Å². The third-order valence-corrected chi connectivity index (χ3v) is 5.31. The molecule has 3 N–H and O–H groups in total. The van der Waals surface area contributed by atoms with E-state index in [0.29, 0.717) is 24.2 Å². The van der Waals surface area contributed by atoms with Gasteiger partial charge in [0.05, 0.1) is 0 Å². The maximum Gasteiger partial charge on any atom is 0.422 e. The Morgan fingerprint density at radius 2 is 1.68 bits per heavy atom. The fraction of sp³-hybridized carbons (Fsp3) is 0.391. The zero-order chi connectivity index (χ0) is 24.9. The van der Waals surface area contributed by atoms with Crippen molar-refractivity contribution in [3.8, 4) is 16.9 Å². The third-order valence-electron chi connectivity index (χ3n) is 5.31. The molecule has 2 amide bonds. The predicted octanol–water partition coefficient (Wildman–Crippen LogP) is 2.39. The predicted molar refractivity (Wildman–Crippen MR) is 113 cm³/mol. The molecule has 2 aromatic rings. The molecule has 184 valence electrons. The van der Waals surface area contributed by atoms with Gasteiger partial charge in [0.15, 0.2) is 18.8 Å². The Morgan fingerprint density at radius 1 is 1.03 bits per heavy atom. The summed E-state index contributed by atoms with van der Waals surface area (Å²) in [6.07, 6.45) is -6.79. The van der Waals surface area contributed by atoms with E-state index in [-0.39, 0.29) is 17.9 Å². The molecule has 0 saturated carbocycles. The van der Waals surface area contributed by atoms with E-state index in [4.69, 9.17) is 4.74 Å². The summed E-state index contributed by atoms with van der Waals surface area (Å²) in [5.74, 6) is -2.64. The SMILES string of the molecule is O=C(NCc1ccc(-c2ccc(F)cc2OCC(F)(F)F)cc1)[C@H](O)[C@@H](O)C(=O)N1CCCC1. The van der Waals surface area contributed by atoms with Crippen molar-refractivity contribution in [1.82, 2.24) is 10.2 Å². The second-order valence-corrected chi connectivity index (χ2v) is 7.88. The third kappa shape index (κ3) is 6.67. The number of benzene rings is 2. The number of carbonyl (C=O) groups is 2. The van der Waals surface area contributed by atoms with Gasteiger partial charge in [-0.15, -0.1) is 0 Å². The topological polar surface area (TPSA) is 99.1 Å². The minimum atomic E-state index is -4.58. The van der Waals surface area contributed by atoms with Crippen LogP contribution in [0.4, 0.5) is 17.6 Å². The van der Waals surface area contributed by atoms with Crippen molar-refractivity contribution in [2.75, 3.05) is 19.7 Å². The molecule has 1 saturated heterocycles. The zero-order valence-electron chi connectivity index (χ0n) is 18.0. The van der Waals surface area contributed by atoms with Crippen LogP contribution in [0.25, 0.3) is 11.1 Å². The molecule has 0 aliphatic carbocycles. The maximum absolute atomic E-state index is 13.5. The lowest BCUT2D eigenvalue weighted by Crippen LogP contribution is -2.50. The standard InChI is InChI=1S/C23H24F4N2O5/c24-16-7-8-17(18(11-16)34-13-23(25,26)27)15-5-3-14(4-6-15)12-28-21(32)19(30)20(31)22(33)29-9-1-2-10-29/h3-8,11,19-20,30-31H,1-2,9-10,12-13H2,(H,28,32)/t19-,20-/m1/s1. The number of aliphatic hydroxyl groups excluding tert-OH is 2. The smallest absolute Gasteiger partial charge is 0.422 e. The average molecular weight is 484 g/mol. The number of hydrogen-bond acceptors (Lipinski definition) is 5. The second kappa shape index (κ2) is 10.8. The number of carbonyl (C=O) groups excluding carboxylic acids is 2. The van der Waals surface area contributed by atoms with E-state index in [1.165, 1.54) is 11.0 Å². The number of amides is 2. The molecule has 0 unspecified atom stereocenters. The average Bonchev–Trinajstić information content (AvgIpc) is 3.35. The van der Waals surface area contributed by atoms with Crippen LogP contribution in [0.3, 0.4) is 0 Å². The molecule has 1 heterocycles. The molecule has 0 bridgehead atoms. The number of aliphatic hydroxyl groups is 2. The summed E-state index contributed by atoms with van der Waals surface area (Å²) in [6, 6.07) is 9.52. The van der Waals surface area contributed by atoms with Gasteiger partial charge < -0.3 is 25.2 Å². The van der Waals surface area contributed by atoms with Crippen LogP contribution >= 0.6 is 0 Å². The minimum Gasteiger partial charge on any atom is -0.483 e. The molecule has 2 atom stereocenters. The summed E-state index contributed by atoms with van der Waals surface area (Å²) in [5.41, 5.74) is 1.28. The number of nitrogens with one attached hydrogen (secondary N) is 1. The van der Waals surface area contributed by atoms with Gasteiger partial charge in [0.1, 0.15) is 11.6 Å². The van der Waals surface area contributed by atoms with E-state index in [1.54, 1.807) is 24.3 Å². The van der Waals surface area contributed by atoms with E-state index < -0.39 is 42.6 Å². The summed E-state index contributed by atoms with van der Waals surface area (Å²) < 4.78 is 55.8. The van der Waals surface area contributed by atoms with Gasteiger partial charge in [0, 0.05) is 31.3 Å². The molecule has 0 radical (unpaired) electrons. The number of alkyl halides is 3. The number of halogens is 4. The molecule has 0 spiro atoms. The van der Waals surface area contributed by atoms with Gasteiger partial charge in [0.2, 0.25) is 0 Å². The molecule has 7 nitrogen and oxygen atoms in total. The second-order valence-electron chi connectivity index (χ2n) is 7.88. The monoisotopic (exact) mass is 484 g/mol. The molecular weight excluding hydrogens is 460 g/mol. The number of ether oxygens (including phenoxy) is 1. The molecular formula is C23H24F4N2O5. The van der Waals surface area contributed by atoms with E-state index >= 15 is 0 Å². The summed E-state index contributed by atoms with van der Waals surface area (Å²) in [4.78, 5) is 25.7. The highest BCUT2D eigenvalue weighted by Crippen LogP contribution is 2.32. The zero-order valence-corrected chi connectivity index (χ0v) is 18.0. The van der Waals surface area contributed by atoms with E-state index in [0.717, 1.165) is 25.0 Å².